The van der Waals surface area contributed by atoms with E-state index in [1.54, 1.807) is 6.92 Å². The van der Waals surface area contributed by atoms with Crippen LogP contribution in [-0.4, -0.2) is 40.2 Å². The van der Waals surface area contributed by atoms with Crippen molar-refractivity contribution in [3.63, 3.8) is 0 Å². The van der Waals surface area contributed by atoms with Crippen LogP contribution in [0.4, 0.5) is 24.5 Å². The van der Waals surface area contributed by atoms with E-state index >= 15 is 0 Å². The summed E-state index contributed by atoms with van der Waals surface area (Å²) in [5.74, 6) is -0.0462. The molecule has 0 aliphatic carbocycles. The summed E-state index contributed by atoms with van der Waals surface area (Å²) in [5.41, 5.74) is 0.436. The van der Waals surface area contributed by atoms with Gasteiger partial charge in [-0.15, -0.1) is 0 Å². The number of anilines is 2. The number of carbonyl (C=O) groups excluding carboxylic acids is 1. The molecule has 6 nitrogen and oxygen atoms in total. The van der Waals surface area contributed by atoms with E-state index < -0.39 is 45.9 Å². The molecular formula is C24H29ClF3N3O3S. The van der Waals surface area contributed by atoms with Crippen LogP contribution < -0.4 is 14.5 Å². The van der Waals surface area contributed by atoms with E-state index in [2.05, 4.69) is 17.1 Å². The first-order valence-corrected chi connectivity index (χ1v) is 13.5. The van der Waals surface area contributed by atoms with Crippen molar-refractivity contribution in [3.05, 3.63) is 58.6 Å². The van der Waals surface area contributed by atoms with E-state index in [0.29, 0.717) is 16.3 Å². The number of amides is 1. The Hall–Kier alpha value is -2.46. The van der Waals surface area contributed by atoms with Gasteiger partial charge in [0, 0.05) is 18.8 Å². The maximum absolute atomic E-state index is 13.2. The lowest BCUT2D eigenvalue weighted by Gasteiger charge is -2.33. The smallest absolute Gasteiger partial charge is 0.371 e. The molecule has 2 unspecified atom stereocenters. The number of piperidine rings is 1. The topological polar surface area (TPSA) is 69.7 Å². The summed E-state index contributed by atoms with van der Waals surface area (Å²) in [6.45, 7) is 5.25. The number of hydrogen-bond acceptors (Lipinski definition) is 4. The maximum atomic E-state index is 13.2. The third kappa shape index (κ3) is 7.04. The first-order chi connectivity index (χ1) is 16.3. The van der Waals surface area contributed by atoms with E-state index in [1.807, 2.05) is 24.3 Å². The van der Waals surface area contributed by atoms with Crippen molar-refractivity contribution in [2.75, 3.05) is 35.1 Å². The Morgan fingerprint density at radius 3 is 2.46 bits per heavy atom. The van der Waals surface area contributed by atoms with Crippen LogP contribution in [0.1, 0.15) is 43.9 Å². The third-order valence-corrected chi connectivity index (χ3v) is 7.47. The van der Waals surface area contributed by atoms with Gasteiger partial charge in [0.2, 0.25) is 15.9 Å². The molecule has 0 aromatic heterocycles. The summed E-state index contributed by atoms with van der Waals surface area (Å²) in [4.78, 5) is 15.0. The van der Waals surface area contributed by atoms with Crippen LogP contribution in [0.2, 0.25) is 5.02 Å². The van der Waals surface area contributed by atoms with Crippen molar-refractivity contribution >= 4 is 38.9 Å². The lowest BCUT2D eigenvalue weighted by molar-refractivity contribution is -0.137. The van der Waals surface area contributed by atoms with Crippen LogP contribution in [0.15, 0.2) is 42.5 Å². The molecule has 1 aliphatic heterocycles. The number of nitrogens with zero attached hydrogens (tertiary/aromatic N) is 2. The Morgan fingerprint density at radius 1 is 1.23 bits per heavy atom. The van der Waals surface area contributed by atoms with E-state index in [4.69, 9.17) is 11.6 Å². The van der Waals surface area contributed by atoms with Gasteiger partial charge in [-0.3, -0.25) is 9.10 Å². The number of nitrogens with one attached hydrogen (secondary N) is 1. The second kappa shape index (κ2) is 10.7. The fourth-order valence-corrected chi connectivity index (χ4v) is 5.29. The van der Waals surface area contributed by atoms with Crippen molar-refractivity contribution in [3.8, 4) is 0 Å². The van der Waals surface area contributed by atoms with Crippen LogP contribution in [0.25, 0.3) is 0 Å². The summed E-state index contributed by atoms with van der Waals surface area (Å²) in [6.07, 6.45) is -1.53. The Bertz CT molecular complexity index is 1160. The maximum Gasteiger partial charge on any atom is 0.416 e. The Balaban J connectivity index is 1.73. The average molecular weight is 532 g/mol. The van der Waals surface area contributed by atoms with Gasteiger partial charge in [0.1, 0.15) is 6.54 Å². The van der Waals surface area contributed by atoms with Crippen LogP contribution in [0.3, 0.4) is 0 Å². The molecule has 1 saturated heterocycles. The van der Waals surface area contributed by atoms with E-state index in [1.165, 1.54) is 6.42 Å². The summed E-state index contributed by atoms with van der Waals surface area (Å²) < 4.78 is 64.7. The SMILES string of the molecule is CC1CCCN(c2ccc(C(C)NC(=O)CN(c3cc(C(F)(F)F)ccc3Cl)S(C)(=O)=O)cc2)C1. The fraction of sp³-hybridized carbons (Fsp3) is 0.458. The van der Waals surface area contributed by atoms with Gasteiger partial charge in [-0.1, -0.05) is 30.7 Å². The van der Waals surface area contributed by atoms with Crippen molar-refractivity contribution < 1.29 is 26.4 Å². The lowest BCUT2D eigenvalue weighted by atomic mass is 9.99. The normalized spacial score (nSPS) is 17.7. The number of carbonyl (C=O) groups is 1. The van der Waals surface area contributed by atoms with Crippen LogP contribution in [-0.2, 0) is 21.0 Å². The van der Waals surface area contributed by atoms with E-state index in [9.17, 15) is 26.4 Å². The largest absolute Gasteiger partial charge is 0.416 e. The Kier molecular flexibility index (Phi) is 8.26. The van der Waals surface area contributed by atoms with Gasteiger partial charge in [-0.2, -0.15) is 13.2 Å². The van der Waals surface area contributed by atoms with Crippen LogP contribution in [0.5, 0.6) is 0 Å². The molecule has 1 fully saturated rings. The van der Waals surface area contributed by atoms with Gasteiger partial charge in [0.05, 0.1) is 28.6 Å². The summed E-state index contributed by atoms with van der Waals surface area (Å²) >= 11 is 6.01. The molecule has 11 heteroatoms. The molecule has 1 heterocycles. The third-order valence-electron chi connectivity index (χ3n) is 6.02. The summed E-state index contributed by atoms with van der Waals surface area (Å²) in [6, 6.07) is 9.67. The number of hydrogen-bond donors (Lipinski definition) is 1. The second-order valence-electron chi connectivity index (χ2n) is 9.01. The molecule has 0 bridgehead atoms. The number of halogens is 4. The van der Waals surface area contributed by atoms with Gasteiger partial charge >= 0.3 is 6.18 Å². The quantitative estimate of drug-likeness (QED) is 0.530. The zero-order valence-corrected chi connectivity index (χ0v) is 21.3. The number of sulfonamides is 1. The Morgan fingerprint density at radius 2 is 1.89 bits per heavy atom. The lowest BCUT2D eigenvalue weighted by Crippen LogP contribution is -2.41. The minimum atomic E-state index is -4.70. The van der Waals surface area contributed by atoms with Gasteiger partial charge in [-0.25, -0.2) is 8.42 Å². The van der Waals surface area contributed by atoms with Gasteiger partial charge in [0.15, 0.2) is 0 Å². The molecular weight excluding hydrogens is 503 g/mol. The van der Waals surface area contributed by atoms with Gasteiger partial charge in [0.25, 0.3) is 0 Å². The van der Waals surface area contributed by atoms with E-state index in [-0.39, 0.29) is 5.02 Å². The standard InChI is InChI=1S/C24H29ClF3N3O3S/c1-16-5-4-12-30(14-16)20-9-6-18(7-10-20)17(2)29-23(32)15-31(35(3,33)34)22-13-19(24(26,27)28)8-11-21(22)25/h6-11,13,16-17H,4-5,12,14-15H2,1-3H3,(H,29,32). The Labute approximate surface area is 209 Å². The number of benzene rings is 2. The van der Waals surface area contributed by atoms with Crippen molar-refractivity contribution in [1.29, 1.82) is 0 Å². The monoisotopic (exact) mass is 531 g/mol. The molecule has 1 amide bonds. The van der Waals surface area contributed by atoms with Gasteiger partial charge < -0.3 is 10.2 Å². The first kappa shape index (κ1) is 27.1. The predicted molar refractivity (Wildman–Crippen MR) is 132 cm³/mol. The highest BCUT2D eigenvalue weighted by atomic mass is 35.5. The number of rotatable bonds is 7. The summed E-state index contributed by atoms with van der Waals surface area (Å²) in [7, 11) is -4.11. The molecule has 192 valence electrons. The molecule has 1 N–H and O–H groups in total. The second-order valence-corrected chi connectivity index (χ2v) is 11.3. The van der Waals surface area contributed by atoms with Gasteiger partial charge in [-0.05, 0) is 61.6 Å². The molecule has 2 atom stereocenters. The molecule has 3 rings (SSSR count). The highest BCUT2D eigenvalue weighted by Gasteiger charge is 2.33. The van der Waals surface area contributed by atoms with Crippen molar-refractivity contribution in [2.24, 2.45) is 5.92 Å². The molecule has 35 heavy (non-hydrogen) atoms. The van der Waals surface area contributed by atoms with Crippen LogP contribution >= 0.6 is 11.6 Å². The molecule has 1 aliphatic rings. The van der Waals surface area contributed by atoms with Crippen LogP contribution in [0, 0.1) is 5.92 Å². The first-order valence-electron chi connectivity index (χ1n) is 11.2. The molecule has 2 aromatic carbocycles. The highest BCUT2D eigenvalue weighted by molar-refractivity contribution is 7.92. The minimum absolute atomic E-state index is 0.216. The minimum Gasteiger partial charge on any atom is -0.371 e. The van der Waals surface area contributed by atoms with Crippen molar-refractivity contribution in [2.45, 2.75) is 38.9 Å². The highest BCUT2D eigenvalue weighted by Crippen LogP contribution is 2.36. The molecule has 2 aromatic rings. The molecule has 0 spiro atoms. The molecule has 0 saturated carbocycles. The zero-order chi connectivity index (χ0) is 26.0. The zero-order valence-electron chi connectivity index (χ0n) is 19.8. The average Bonchev–Trinajstić information content (AvgIpc) is 2.76. The molecule has 0 radical (unpaired) electrons. The summed E-state index contributed by atoms with van der Waals surface area (Å²) in [5, 5.41) is 2.50. The fourth-order valence-electron chi connectivity index (χ4n) is 4.16. The predicted octanol–water partition coefficient (Wildman–Crippen LogP) is 5.24. The van der Waals surface area contributed by atoms with Crippen molar-refractivity contribution in [1.82, 2.24) is 5.32 Å². The van der Waals surface area contributed by atoms with E-state index in [0.717, 1.165) is 49.1 Å². The number of alkyl halides is 3.